The first-order valence-electron chi connectivity index (χ1n) is 7.28. The van der Waals surface area contributed by atoms with Crippen molar-refractivity contribution in [1.82, 2.24) is 4.31 Å². The van der Waals surface area contributed by atoms with Crippen LogP contribution in [0, 0.1) is 18.9 Å². The molecule has 0 aliphatic carbocycles. The maximum Gasteiger partial charge on any atom is 0.271 e. The van der Waals surface area contributed by atoms with E-state index in [2.05, 4.69) is 18.5 Å². The number of allylic oxidation sites excluding steroid dienone is 1. The van der Waals surface area contributed by atoms with Crippen LogP contribution in [0.3, 0.4) is 0 Å². The predicted molar refractivity (Wildman–Crippen MR) is 93.3 cm³/mol. The van der Waals surface area contributed by atoms with Crippen LogP contribution in [-0.2, 0) is 14.8 Å². The smallest absolute Gasteiger partial charge is 0.271 e. The largest absolute Gasteiger partial charge is 0.365 e. The molecule has 124 valence electrons. The first-order chi connectivity index (χ1) is 10.9. The van der Waals surface area contributed by atoms with Crippen molar-refractivity contribution in [1.29, 1.82) is 0 Å². The van der Waals surface area contributed by atoms with E-state index >= 15 is 0 Å². The van der Waals surface area contributed by atoms with Gasteiger partial charge >= 0.3 is 0 Å². The standard InChI is InChI=1S/C18H23NO3S/c1-5-12-19(13-6-14-22-15-11-16(2)3)23(20,21)18-9-7-17(4)8-10-18/h5,7-11H,1,12,14-15H2,2-4H3. The molecule has 0 N–H and O–H groups in total. The molecule has 0 bridgehead atoms. The fraction of sp³-hybridized carbons (Fsp3) is 0.333. The molecule has 0 aromatic heterocycles. The molecule has 1 aromatic rings. The second-order valence-electron chi connectivity index (χ2n) is 5.22. The lowest BCUT2D eigenvalue weighted by atomic mass is 10.2. The number of hydrogen-bond donors (Lipinski definition) is 0. The molecule has 0 radical (unpaired) electrons. The summed E-state index contributed by atoms with van der Waals surface area (Å²) in [5, 5.41) is 0. The minimum absolute atomic E-state index is 0.122. The molecule has 0 aliphatic rings. The summed E-state index contributed by atoms with van der Waals surface area (Å²) in [4.78, 5) is 0.213. The van der Waals surface area contributed by atoms with Crippen LogP contribution in [0.1, 0.15) is 19.4 Å². The topological polar surface area (TPSA) is 46.6 Å². The van der Waals surface area contributed by atoms with Gasteiger partial charge in [-0.3, -0.25) is 0 Å². The maximum absolute atomic E-state index is 12.6. The van der Waals surface area contributed by atoms with E-state index in [1.54, 1.807) is 24.3 Å². The van der Waals surface area contributed by atoms with E-state index < -0.39 is 10.0 Å². The fourth-order valence-electron chi connectivity index (χ4n) is 1.61. The molecule has 0 aliphatic heterocycles. The average Bonchev–Trinajstić information content (AvgIpc) is 2.49. The van der Waals surface area contributed by atoms with E-state index in [1.165, 1.54) is 6.08 Å². The summed E-state index contributed by atoms with van der Waals surface area (Å²) in [6.07, 6.45) is 3.44. The highest BCUT2D eigenvalue weighted by atomic mass is 32.2. The Morgan fingerprint density at radius 1 is 1.30 bits per heavy atom. The lowest BCUT2D eigenvalue weighted by Crippen LogP contribution is -2.26. The molecular formula is C18H23NO3S. The summed E-state index contributed by atoms with van der Waals surface area (Å²) in [7, 11) is -3.67. The molecule has 4 nitrogen and oxygen atoms in total. The minimum Gasteiger partial charge on any atom is -0.365 e. The fourth-order valence-corrected chi connectivity index (χ4v) is 2.84. The van der Waals surface area contributed by atoms with Crippen LogP contribution in [0.4, 0.5) is 0 Å². The third kappa shape index (κ3) is 6.31. The van der Waals surface area contributed by atoms with E-state index in [9.17, 15) is 8.42 Å². The van der Waals surface area contributed by atoms with Crippen LogP contribution in [0.15, 0.2) is 53.5 Å². The van der Waals surface area contributed by atoms with E-state index in [4.69, 9.17) is 4.74 Å². The molecule has 1 aromatic carbocycles. The lowest BCUT2D eigenvalue weighted by Gasteiger charge is -2.16. The van der Waals surface area contributed by atoms with Crippen LogP contribution in [0.5, 0.6) is 0 Å². The van der Waals surface area contributed by atoms with Gasteiger partial charge in [-0.05, 0) is 32.9 Å². The predicted octanol–water partition coefficient (Wildman–Crippen LogP) is 3.12. The molecule has 5 heteroatoms. The molecule has 0 saturated carbocycles. The van der Waals surface area contributed by atoms with Crippen LogP contribution < -0.4 is 0 Å². The monoisotopic (exact) mass is 333 g/mol. The number of ether oxygens (including phenoxy) is 1. The Hall–Kier alpha value is -2.03. The highest BCUT2D eigenvalue weighted by Crippen LogP contribution is 2.15. The van der Waals surface area contributed by atoms with Gasteiger partial charge in [0.15, 0.2) is 0 Å². The van der Waals surface area contributed by atoms with Gasteiger partial charge in [-0.1, -0.05) is 41.3 Å². The van der Waals surface area contributed by atoms with Crippen molar-refractivity contribution in [3.8, 4) is 12.0 Å². The van der Waals surface area contributed by atoms with E-state index in [-0.39, 0.29) is 18.0 Å². The van der Waals surface area contributed by atoms with Crippen LogP contribution in [0.2, 0.25) is 0 Å². The Morgan fingerprint density at radius 3 is 2.52 bits per heavy atom. The Morgan fingerprint density at radius 2 is 1.96 bits per heavy atom. The minimum atomic E-state index is -3.67. The van der Waals surface area contributed by atoms with E-state index in [0.29, 0.717) is 6.61 Å². The first kappa shape index (κ1) is 19.0. The third-order valence-electron chi connectivity index (χ3n) is 2.89. The molecule has 0 atom stereocenters. The van der Waals surface area contributed by atoms with Gasteiger partial charge in [0.2, 0.25) is 0 Å². The van der Waals surface area contributed by atoms with Gasteiger partial charge < -0.3 is 4.74 Å². The summed E-state index contributed by atoms with van der Waals surface area (Å²) in [5.41, 5.74) is 2.16. The van der Waals surface area contributed by atoms with Gasteiger partial charge in [0, 0.05) is 6.04 Å². The highest BCUT2D eigenvalue weighted by molar-refractivity contribution is 7.89. The Balaban J connectivity index is 2.83. The first-order valence-corrected chi connectivity index (χ1v) is 8.72. The molecule has 0 saturated heterocycles. The van der Waals surface area contributed by atoms with Crippen LogP contribution >= 0.6 is 0 Å². The zero-order valence-corrected chi connectivity index (χ0v) is 14.7. The average molecular weight is 333 g/mol. The molecular weight excluding hydrogens is 310 g/mol. The summed E-state index contributed by atoms with van der Waals surface area (Å²) in [6.45, 7) is 10.2. The number of nitrogens with zero attached hydrogens (tertiary/aromatic N) is 1. The van der Waals surface area contributed by atoms with Crippen molar-refractivity contribution in [2.75, 3.05) is 19.8 Å². The number of rotatable bonds is 7. The zero-order valence-electron chi connectivity index (χ0n) is 13.9. The number of aryl methyl sites for hydroxylation is 1. The van der Waals surface area contributed by atoms with Gasteiger partial charge in [0.05, 0.1) is 18.0 Å². The van der Waals surface area contributed by atoms with Gasteiger partial charge in [-0.25, -0.2) is 12.7 Å². The van der Waals surface area contributed by atoms with E-state index in [0.717, 1.165) is 15.4 Å². The highest BCUT2D eigenvalue weighted by Gasteiger charge is 2.20. The molecule has 0 amide bonds. The van der Waals surface area contributed by atoms with Crippen molar-refractivity contribution < 1.29 is 13.2 Å². The Bertz CT molecular complexity index is 703. The number of benzene rings is 1. The normalized spacial score (nSPS) is 10.4. The molecule has 23 heavy (non-hydrogen) atoms. The Kier molecular flexibility index (Phi) is 7.60. The van der Waals surface area contributed by atoms with E-state index in [1.807, 2.05) is 26.8 Å². The lowest BCUT2D eigenvalue weighted by molar-refractivity contribution is 0.198. The van der Waals surface area contributed by atoms with Gasteiger partial charge in [0.1, 0.15) is 6.61 Å². The van der Waals surface area contributed by atoms with Crippen molar-refractivity contribution >= 4 is 10.0 Å². The van der Waals surface area contributed by atoms with Crippen LogP contribution in [-0.4, -0.2) is 32.5 Å². The zero-order chi connectivity index (χ0) is 17.3. The molecule has 0 fully saturated rings. The second kappa shape index (κ2) is 9.19. The van der Waals surface area contributed by atoms with Gasteiger partial charge in [-0.2, -0.15) is 0 Å². The van der Waals surface area contributed by atoms with Crippen LogP contribution in [0.25, 0.3) is 0 Å². The number of sulfonamides is 1. The Labute approximate surface area is 139 Å². The summed E-state index contributed by atoms with van der Waals surface area (Å²) >= 11 is 0. The van der Waals surface area contributed by atoms with Crippen molar-refractivity contribution in [3.63, 3.8) is 0 Å². The molecule has 0 heterocycles. The molecule has 0 unspecified atom stereocenters. The molecule has 1 rings (SSSR count). The summed E-state index contributed by atoms with van der Waals surface area (Å²) in [6, 6.07) is 9.31. The van der Waals surface area contributed by atoms with Gasteiger partial charge in [0.25, 0.3) is 10.0 Å². The maximum atomic E-state index is 12.6. The van der Waals surface area contributed by atoms with Gasteiger partial charge in [-0.15, -0.1) is 6.58 Å². The van der Waals surface area contributed by atoms with Crippen molar-refractivity contribution in [3.05, 3.63) is 54.1 Å². The van der Waals surface area contributed by atoms with Crippen molar-refractivity contribution in [2.45, 2.75) is 25.7 Å². The second-order valence-corrected chi connectivity index (χ2v) is 7.09. The number of hydrogen-bond acceptors (Lipinski definition) is 3. The molecule has 0 spiro atoms. The summed E-state index contributed by atoms with van der Waals surface area (Å²) in [5.74, 6) is 2.73. The van der Waals surface area contributed by atoms with Crippen molar-refractivity contribution in [2.24, 2.45) is 0 Å². The third-order valence-corrected chi connectivity index (χ3v) is 4.58. The SMILES string of the molecule is C=CCN(C#CCOCC=C(C)C)S(=O)(=O)c1ccc(C)cc1. The summed E-state index contributed by atoms with van der Waals surface area (Å²) < 4.78 is 31.5. The quantitative estimate of drug-likeness (QED) is 0.333.